The van der Waals surface area contributed by atoms with E-state index in [1.54, 1.807) is 0 Å². The molecule has 2 fully saturated rings. The first-order valence-corrected chi connectivity index (χ1v) is 17.7. The summed E-state index contributed by atoms with van der Waals surface area (Å²) in [6.07, 6.45) is -0.531. The number of aryl methyl sites for hydroxylation is 3. The zero-order valence-electron chi connectivity index (χ0n) is 29.4. The Morgan fingerprint density at radius 3 is 2.41 bits per heavy atom. The van der Waals surface area contributed by atoms with Crippen LogP contribution in [0.1, 0.15) is 90.6 Å². The normalized spacial score (nSPS) is 19.8. The summed E-state index contributed by atoms with van der Waals surface area (Å²) in [5, 5.41) is 12.8. The monoisotopic (exact) mass is 711 g/mol. The maximum atomic E-state index is 14.3. The number of nitrogens with zero attached hydrogens (tertiary/aromatic N) is 2. The molecule has 2 aromatic carbocycles. The second-order valence-electron chi connectivity index (χ2n) is 14.8. The minimum Gasteiger partial charge on any atom is -0.481 e. The second-order valence-corrected chi connectivity index (χ2v) is 14.8. The van der Waals surface area contributed by atoms with Gasteiger partial charge in [-0.1, -0.05) is 19.9 Å². The van der Waals surface area contributed by atoms with Crippen LogP contribution in [-0.4, -0.2) is 58.3 Å². The maximum absolute atomic E-state index is 14.3. The van der Waals surface area contributed by atoms with Gasteiger partial charge in [-0.15, -0.1) is 0 Å². The highest BCUT2D eigenvalue weighted by molar-refractivity contribution is 5.82. The van der Waals surface area contributed by atoms with Crippen LogP contribution in [0.25, 0.3) is 11.1 Å². The quantitative estimate of drug-likeness (QED) is 0.203. The Labute approximate surface area is 294 Å². The molecule has 0 spiro atoms. The Balaban J connectivity index is 1.36. The fourth-order valence-corrected chi connectivity index (χ4v) is 8.29. The number of morpholine rings is 1. The van der Waals surface area contributed by atoms with Crippen LogP contribution in [-0.2, 0) is 39.8 Å². The van der Waals surface area contributed by atoms with Gasteiger partial charge >= 0.3 is 12.1 Å². The molecule has 2 N–H and O–H groups in total. The molecule has 3 heterocycles. The van der Waals surface area contributed by atoms with Crippen LogP contribution >= 0.6 is 0 Å². The number of fused-ring (bicyclic) bond motifs is 3. The van der Waals surface area contributed by atoms with Gasteiger partial charge in [0.1, 0.15) is 11.9 Å². The number of ether oxygens (including phenoxy) is 1. The van der Waals surface area contributed by atoms with E-state index in [-0.39, 0.29) is 42.3 Å². The second kappa shape index (κ2) is 14.5. The van der Waals surface area contributed by atoms with E-state index in [1.807, 2.05) is 39.8 Å². The van der Waals surface area contributed by atoms with E-state index >= 15 is 0 Å². The summed E-state index contributed by atoms with van der Waals surface area (Å²) in [6, 6.07) is 5.21. The molecule has 274 valence electrons. The molecule has 2 aliphatic heterocycles. The number of aliphatic carboxylic acids is 1. The van der Waals surface area contributed by atoms with Gasteiger partial charge in [0.05, 0.1) is 30.7 Å². The first kappa shape index (κ1) is 36.8. The van der Waals surface area contributed by atoms with Gasteiger partial charge in [0.25, 0.3) is 5.56 Å². The Morgan fingerprint density at radius 2 is 1.80 bits per heavy atom. The number of nitrogens with one attached hydrogen (secondary N) is 1. The molecule has 3 aromatic rings. The average molecular weight is 712 g/mol. The molecule has 1 aliphatic carbocycles. The van der Waals surface area contributed by atoms with Crippen molar-refractivity contribution in [2.24, 2.45) is 5.92 Å². The molecular weight excluding hydrogens is 666 g/mol. The van der Waals surface area contributed by atoms with Gasteiger partial charge in [0, 0.05) is 31.4 Å². The first-order chi connectivity index (χ1) is 24.1. The van der Waals surface area contributed by atoms with E-state index in [0.717, 1.165) is 63.6 Å². The van der Waals surface area contributed by atoms with Crippen molar-refractivity contribution in [3.8, 4) is 11.1 Å². The van der Waals surface area contributed by atoms with Crippen molar-refractivity contribution >= 4 is 11.9 Å². The van der Waals surface area contributed by atoms with Crippen LogP contribution in [0.5, 0.6) is 0 Å². The molecule has 2 unspecified atom stereocenters. The summed E-state index contributed by atoms with van der Waals surface area (Å²) in [7, 11) is 0. The van der Waals surface area contributed by atoms with Crippen LogP contribution in [0.15, 0.2) is 41.3 Å². The molecule has 0 radical (unpaired) electrons. The van der Waals surface area contributed by atoms with Crippen molar-refractivity contribution in [2.75, 3.05) is 19.7 Å². The third-order valence-corrected chi connectivity index (χ3v) is 10.6. The number of rotatable bonds is 12. The topological polar surface area (TPSA) is 101 Å². The van der Waals surface area contributed by atoms with E-state index in [9.17, 15) is 37.1 Å². The lowest BCUT2D eigenvalue weighted by atomic mass is 9.87. The van der Waals surface area contributed by atoms with Crippen molar-refractivity contribution in [3.63, 3.8) is 0 Å². The highest BCUT2D eigenvalue weighted by Crippen LogP contribution is 2.39. The van der Waals surface area contributed by atoms with Gasteiger partial charge in [-0.05, 0) is 121 Å². The number of carboxylic acids is 1. The predicted molar refractivity (Wildman–Crippen MR) is 184 cm³/mol. The lowest BCUT2D eigenvalue weighted by Gasteiger charge is -2.28. The number of benzene rings is 2. The molecule has 6 rings (SSSR count). The molecule has 2 bridgehead atoms. The lowest BCUT2D eigenvalue weighted by molar-refractivity contribution is -0.139. The fraction of sp³-hybridized carbons (Fsp3) is 0.513. The number of pyridine rings is 1. The minimum absolute atomic E-state index is 0.0239. The van der Waals surface area contributed by atoms with Gasteiger partial charge < -0.3 is 19.7 Å². The standard InChI is InChI=1S/C39H45F4N3O5/c1-21(2)10-34(46-18-25(32(16-35(46)47)39(41,42)43)8-9-45-19-29-15-28(45)20-51-29)38(50)44-33(17-36(48)49)26-13-24-6-5-7-30(24)31(14-26)37-22(3)11-27(40)12-23(37)4/h11-14,16,18,21,28-29,33-34H,5-10,15,17,19-20H2,1-4H3,(H,44,50)(H,48,49)/t28-,29-,33?,34?/m1/s1. The first-order valence-electron chi connectivity index (χ1n) is 17.7. The van der Waals surface area contributed by atoms with Gasteiger partial charge in [-0.3, -0.25) is 19.3 Å². The number of amides is 1. The Hall–Kier alpha value is -4.03. The Bertz CT molecular complexity index is 1860. The summed E-state index contributed by atoms with van der Waals surface area (Å²) in [4.78, 5) is 42.0. The number of halogens is 4. The number of hydrogen-bond donors (Lipinski definition) is 2. The lowest BCUT2D eigenvalue weighted by Crippen LogP contribution is -2.41. The summed E-state index contributed by atoms with van der Waals surface area (Å²) < 4.78 is 63.7. The number of hydrogen-bond acceptors (Lipinski definition) is 5. The SMILES string of the molecule is Cc1cc(F)cc(C)c1-c1cc(C(CC(=O)O)NC(=O)C(CC(C)C)n2cc(CCN3C[C@H]4C[C@@H]3CO4)c(C(F)(F)F)cc2=O)cc2c1CCC2. The van der Waals surface area contributed by atoms with Crippen LogP contribution in [0.4, 0.5) is 17.6 Å². The zero-order valence-corrected chi connectivity index (χ0v) is 29.4. The maximum Gasteiger partial charge on any atom is 0.416 e. The summed E-state index contributed by atoms with van der Waals surface area (Å²) >= 11 is 0. The highest BCUT2D eigenvalue weighted by atomic mass is 19.4. The van der Waals surface area contributed by atoms with Crippen molar-refractivity contribution in [2.45, 2.75) is 103 Å². The molecule has 3 aliphatic rings. The van der Waals surface area contributed by atoms with E-state index in [2.05, 4.69) is 10.2 Å². The third kappa shape index (κ3) is 7.91. The van der Waals surface area contributed by atoms with Crippen molar-refractivity contribution < 1.29 is 37.0 Å². The van der Waals surface area contributed by atoms with Crippen LogP contribution < -0.4 is 10.9 Å². The summed E-state index contributed by atoms with van der Waals surface area (Å²) in [5.41, 5.74) is 3.80. The van der Waals surface area contributed by atoms with E-state index in [4.69, 9.17) is 4.74 Å². The van der Waals surface area contributed by atoms with Crippen LogP contribution in [0.2, 0.25) is 0 Å². The molecular formula is C39H45F4N3O5. The van der Waals surface area contributed by atoms with Crippen molar-refractivity contribution in [1.29, 1.82) is 0 Å². The van der Waals surface area contributed by atoms with Gasteiger partial charge in [-0.2, -0.15) is 13.2 Å². The Morgan fingerprint density at radius 1 is 1.08 bits per heavy atom. The number of carbonyl (C=O) groups excluding carboxylic acids is 1. The Kier molecular flexibility index (Phi) is 10.5. The van der Waals surface area contributed by atoms with E-state index < -0.39 is 47.7 Å². The molecule has 1 amide bonds. The van der Waals surface area contributed by atoms with Gasteiger partial charge in [0.2, 0.25) is 5.91 Å². The zero-order chi connectivity index (χ0) is 36.8. The molecule has 51 heavy (non-hydrogen) atoms. The highest BCUT2D eigenvalue weighted by Gasteiger charge is 2.40. The predicted octanol–water partition coefficient (Wildman–Crippen LogP) is 6.71. The van der Waals surface area contributed by atoms with Crippen LogP contribution in [0, 0.1) is 25.6 Å². The fourth-order valence-electron chi connectivity index (χ4n) is 8.29. The number of likely N-dealkylation sites (tertiary alicyclic amines) is 1. The minimum atomic E-state index is -4.77. The third-order valence-electron chi connectivity index (χ3n) is 10.6. The molecule has 1 aromatic heterocycles. The molecule has 0 saturated carbocycles. The molecule has 8 nitrogen and oxygen atoms in total. The number of carboxylic acid groups (broad SMARTS) is 1. The van der Waals surface area contributed by atoms with E-state index in [0.29, 0.717) is 31.3 Å². The number of carbonyl (C=O) groups is 2. The van der Waals surface area contributed by atoms with Crippen molar-refractivity contribution in [1.82, 2.24) is 14.8 Å². The van der Waals surface area contributed by atoms with E-state index in [1.165, 1.54) is 18.3 Å². The molecule has 2 saturated heterocycles. The smallest absolute Gasteiger partial charge is 0.416 e. The van der Waals surface area contributed by atoms with Crippen LogP contribution in [0.3, 0.4) is 0 Å². The largest absolute Gasteiger partial charge is 0.481 e. The summed E-state index contributed by atoms with van der Waals surface area (Å²) in [5.74, 6) is -2.31. The number of aromatic nitrogens is 1. The molecule has 4 atom stereocenters. The average Bonchev–Trinajstić information content (AvgIpc) is 3.79. The number of alkyl halides is 3. The molecule has 12 heteroatoms. The van der Waals surface area contributed by atoms with Crippen molar-refractivity contribution in [3.05, 3.63) is 91.6 Å². The van der Waals surface area contributed by atoms with Gasteiger partial charge in [-0.25, -0.2) is 4.39 Å². The van der Waals surface area contributed by atoms with Gasteiger partial charge in [0.15, 0.2) is 0 Å². The summed E-state index contributed by atoms with van der Waals surface area (Å²) in [6.45, 7) is 8.86.